The van der Waals surface area contributed by atoms with Gasteiger partial charge in [0.15, 0.2) is 5.82 Å². The summed E-state index contributed by atoms with van der Waals surface area (Å²) in [5.74, 6) is -1.45. The molecule has 0 bridgehead atoms. The van der Waals surface area contributed by atoms with Gasteiger partial charge in [-0.3, -0.25) is 14.4 Å². The zero-order chi connectivity index (χ0) is 38.0. The number of aliphatic carboxylic acids is 1. The van der Waals surface area contributed by atoms with Crippen LogP contribution in [0.4, 0.5) is 4.39 Å². The smallest absolute Gasteiger partial charge is 0.310 e. The molecule has 54 heavy (non-hydrogen) atoms. The summed E-state index contributed by atoms with van der Waals surface area (Å²) in [4.78, 5) is 50.3. The van der Waals surface area contributed by atoms with E-state index in [4.69, 9.17) is 0 Å². The molecule has 2 aromatic heterocycles. The second-order valence-corrected chi connectivity index (χ2v) is 16.7. The van der Waals surface area contributed by atoms with Crippen LogP contribution < -0.4 is 5.32 Å². The Morgan fingerprint density at radius 2 is 1.50 bits per heavy atom. The van der Waals surface area contributed by atoms with Gasteiger partial charge in [-0.2, -0.15) is 0 Å². The molecule has 278 valence electrons. The molecule has 5 aromatic rings. The van der Waals surface area contributed by atoms with Gasteiger partial charge in [0.05, 0.1) is 10.8 Å². The first kappa shape index (κ1) is 37.1. The Morgan fingerprint density at radius 3 is 2.11 bits per heavy atom. The van der Waals surface area contributed by atoms with Crippen LogP contribution in [0.1, 0.15) is 84.5 Å². The van der Waals surface area contributed by atoms with Crippen molar-refractivity contribution in [1.29, 1.82) is 0 Å². The number of carbonyl (C=O) groups excluding carboxylic acids is 2. The number of hydrogen-bond acceptors (Lipinski definition) is 6. The molecule has 10 heteroatoms. The van der Waals surface area contributed by atoms with Crippen molar-refractivity contribution in [2.75, 3.05) is 13.1 Å². The summed E-state index contributed by atoms with van der Waals surface area (Å²) in [6.45, 7) is 6.46. The number of aromatic nitrogens is 2. The highest BCUT2D eigenvalue weighted by Crippen LogP contribution is 2.35. The van der Waals surface area contributed by atoms with Gasteiger partial charge in [-0.15, -0.1) is 11.3 Å². The molecule has 7 rings (SSSR count). The van der Waals surface area contributed by atoms with Gasteiger partial charge in [0.1, 0.15) is 11.9 Å². The molecule has 2 N–H and O–H groups in total. The van der Waals surface area contributed by atoms with E-state index in [1.165, 1.54) is 53.9 Å². The van der Waals surface area contributed by atoms with Crippen molar-refractivity contribution >= 4 is 29.1 Å². The van der Waals surface area contributed by atoms with Crippen molar-refractivity contribution in [3.05, 3.63) is 118 Å². The van der Waals surface area contributed by atoms with E-state index in [1.807, 2.05) is 36.4 Å². The van der Waals surface area contributed by atoms with Crippen molar-refractivity contribution in [3.63, 3.8) is 0 Å². The molecule has 1 atom stereocenters. The highest BCUT2D eigenvalue weighted by Gasteiger charge is 2.39. The highest BCUT2D eigenvalue weighted by molar-refractivity contribution is 7.14. The minimum atomic E-state index is -0.937. The van der Waals surface area contributed by atoms with E-state index in [2.05, 4.69) is 60.3 Å². The molecule has 2 aliphatic rings. The number of carboxylic acids is 1. The summed E-state index contributed by atoms with van der Waals surface area (Å²) in [5.41, 5.74) is 5.60. The van der Waals surface area contributed by atoms with Gasteiger partial charge >= 0.3 is 5.97 Å². The van der Waals surface area contributed by atoms with Crippen LogP contribution in [0.3, 0.4) is 0 Å². The summed E-state index contributed by atoms with van der Waals surface area (Å²) in [6, 6.07) is 24.1. The van der Waals surface area contributed by atoms with E-state index in [0.717, 1.165) is 27.1 Å². The number of halogens is 1. The Labute approximate surface area is 319 Å². The molecule has 1 aliphatic carbocycles. The molecule has 1 saturated heterocycles. The van der Waals surface area contributed by atoms with Crippen LogP contribution in [0, 0.1) is 11.7 Å². The van der Waals surface area contributed by atoms with Gasteiger partial charge in [0.25, 0.3) is 5.91 Å². The third kappa shape index (κ3) is 8.29. The monoisotopic (exact) mass is 744 g/mol. The average molecular weight is 745 g/mol. The van der Waals surface area contributed by atoms with Crippen molar-refractivity contribution in [3.8, 4) is 33.6 Å². The van der Waals surface area contributed by atoms with Crippen LogP contribution in [-0.4, -0.2) is 56.9 Å². The number of nitrogens with one attached hydrogen (secondary N) is 1. The van der Waals surface area contributed by atoms with Crippen molar-refractivity contribution in [2.45, 2.75) is 76.7 Å². The molecule has 2 amide bonds. The number of rotatable bonds is 10. The number of benzene rings is 3. The number of amides is 2. The molecular weight excluding hydrogens is 700 g/mol. The van der Waals surface area contributed by atoms with E-state index < -0.39 is 17.9 Å². The molecule has 1 aliphatic heterocycles. The van der Waals surface area contributed by atoms with E-state index >= 15 is 4.39 Å². The fraction of sp³-hybridized carbons (Fsp3) is 0.341. The van der Waals surface area contributed by atoms with E-state index in [-0.39, 0.29) is 42.6 Å². The number of carboxylic acid groups (broad SMARTS) is 1. The van der Waals surface area contributed by atoms with E-state index in [9.17, 15) is 19.5 Å². The quantitative estimate of drug-likeness (QED) is 0.148. The minimum Gasteiger partial charge on any atom is -0.481 e. The fourth-order valence-electron chi connectivity index (χ4n) is 7.28. The predicted molar refractivity (Wildman–Crippen MR) is 210 cm³/mol. The van der Waals surface area contributed by atoms with Gasteiger partial charge in [0, 0.05) is 53.5 Å². The second-order valence-electron chi connectivity index (χ2n) is 15.6. The summed E-state index contributed by atoms with van der Waals surface area (Å²) in [5, 5.41) is 12.2. The van der Waals surface area contributed by atoms with Gasteiger partial charge < -0.3 is 15.3 Å². The minimum absolute atomic E-state index is 0.113. The van der Waals surface area contributed by atoms with Crippen molar-refractivity contribution in [1.82, 2.24) is 20.2 Å². The second kappa shape index (κ2) is 15.6. The predicted octanol–water partition coefficient (Wildman–Crippen LogP) is 8.91. The molecular formula is C44H45FN4O4S. The van der Waals surface area contributed by atoms with Crippen molar-refractivity contribution < 1.29 is 23.9 Å². The first-order valence-electron chi connectivity index (χ1n) is 18.7. The van der Waals surface area contributed by atoms with Crippen LogP contribution in [0.25, 0.3) is 33.6 Å². The van der Waals surface area contributed by atoms with Crippen LogP contribution in [-0.2, 0) is 21.4 Å². The first-order valence-corrected chi connectivity index (χ1v) is 19.5. The topological polar surface area (TPSA) is 112 Å². The molecule has 0 spiro atoms. The maximum Gasteiger partial charge on any atom is 0.310 e. The molecule has 0 radical (unpaired) electrons. The summed E-state index contributed by atoms with van der Waals surface area (Å²) in [6.07, 6.45) is 9.83. The van der Waals surface area contributed by atoms with E-state index in [0.29, 0.717) is 27.7 Å². The third-order valence-corrected chi connectivity index (χ3v) is 12.1. The standard InChI is InChI=1S/C44H45FN4O4S/c1-44(2,3)39-20-19-38(54-39)41(50)48-37(42(51)49-25-34(26-49)43(52)53)21-27-9-11-31(12-10-27)40-46-23-33(24-47-40)35-18-17-32(22-36(35)45)30-15-13-29(14-16-30)28-7-5-4-6-8-28/h9-20,22-24,28,34,37H,4-8,21,25-26H2,1-3H3,(H,48,50)(H,52,53)/t37-/m0/s1. The molecule has 1 saturated carbocycles. The molecule has 2 fully saturated rings. The van der Waals surface area contributed by atoms with Gasteiger partial charge in [-0.1, -0.05) is 101 Å². The number of hydrogen-bond donors (Lipinski definition) is 2. The Hall–Kier alpha value is -5.22. The lowest BCUT2D eigenvalue weighted by Gasteiger charge is -2.38. The van der Waals surface area contributed by atoms with Gasteiger partial charge in [-0.05, 0) is 64.6 Å². The molecule has 3 heterocycles. The Balaban J connectivity index is 1.02. The highest BCUT2D eigenvalue weighted by atomic mass is 32.1. The lowest BCUT2D eigenvalue weighted by atomic mass is 9.83. The fourth-order valence-corrected chi connectivity index (χ4v) is 8.25. The average Bonchev–Trinajstić information content (AvgIpc) is 3.67. The van der Waals surface area contributed by atoms with Crippen molar-refractivity contribution in [2.24, 2.45) is 5.92 Å². The zero-order valence-electron chi connectivity index (χ0n) is 30.8. The Morgan fingerprint density at radius 1 is 0.852 bits per heavy atom. The summed E-state index contributed by atoms with van der Waals surface area (Å²) >= 11 is 1.39. The summed E-state index contributed by atoms with van der Waals surface area (Å²) in [7, 11) is 0. The largest absolute Gasteiger partial charge is 0.481 e. The van der Waals surface area contributed by atoms with Crippen LogP contribution in [0.15, 0.2) is 91.3 Å². The number of nitrogens with zero attached hydrogens (tertiary/aromatic N) is 3. The van der Waals surface area contributed by atoms with Crippen LogP contribution >= 0.6 is 11.3 Å². The molecule has 3 aromatic carbocycles. The SMILES string of the molecule is CC(C)(C)c1ccc(C(=O)N[C@@H](Cc2ccc(-c3ncc(-c4ccc(-c5ccc(C6CCCCC6)cc5)cc4F)cn3)cc2)C(=O)N2CC(C(=O)O)C2)s1. The lowest BCUT2D eigenvalue weighted by Crippen LogP contribution is -2.59. The molecule has 0 unspecified atom stereocenters. The first-order chi connectivity index (χ1) is 25.9. The number of likely N-dealkylation sites (tertiary alicyclic amines) is 1. The summed E-state index contributed by atoms with van der Waals surface area (Å²) < 4.78 is 15.4. The number of carbonyl (C=O) groups is 3. The van der Waals surface area contributed by atoms with Crippen LogP contribution in [0.5, 0.6) is 0 Å². The van der Waals surface area contributed by atoms with Gasteiger partial charge in [-0.25, -0.2) is 14.4 Å². The normalized spacial score (nSPS) is 15.7. The third-order valence-electron chi connectivity index (χ3n) is 10.6. The van der Waals surface area contributed by atoms with Crippen LogP contribution in [0.2, 0.25) is 0 Å². The number of thiophene rings is 1. The molecule has 8 nitrogen and oxygen atoms in total. The maximum atomic E-state index is 15.4. The van der Waals surface area contributed by atoms with Gasteiger partial charge in [0.2, 0.25) is 5.91 Å². The lowest BCUT2D eigenvalue weighted by molar-refractivity contribution is -0.153. The maximum absolute atomic E-state index is 15.4. The Kier molecular flexibility index (Phi) is 10.7. The van der Waals surface area contributed by atoms with E-state index in [1.54, 1.807) is 30.6 Å². The zero-order valence-corrected chi connectivity index (χ0v) is 31.7. The Bertz CT molecular complexity index is 2130.